The molecule has 0 radical (unpaired) electrons. The molecule has 0 saturated heterocycles. The quantitative estimate of drug-likeness (QED) is 0.481. The third-order valence-electron chi connectivity index (χ3n) is 4.41. The van der Waals surface area contributed by atoms with Crippen molar-refractivity contribution in [2.24, 2.45) is 10.9 Å². The van der Waals surface area contributed by atoms with Crippen molar-refractivity contribution in [1.82, 2.24) is 15.6 Å². The van der Waals surface area contributed by atoms with E-state index in [1.807, 2.05) is 32.2 Å². The highest BCUT2D eigenvalue weighted by Gasteiger charge is 2.12. The summed E-state index contributed by atoms with van der Waals surface area (Å²) >= 11 is 0. The Labute approximate surface area is 134 Å². The highest BCUT2D eigenvalue weighted by molar-refractivity contribution is 5.79. The molecule has 0 spiro atoms. The lowest BCUT2D eigenvalue weighted by atomic mass is 9.86. The van der Waals surface area contributed by atoms with E-state index in [4.69, 9.17) is 0 Å². The van der Waals surface area contributed by atoms with Gasteiger partial charge in [-0.1, -0.05) is 38.2 Å². The lowest BCUT2D eigenvalue weighted by Crippen LogP contribution is -2.37. The van der Waals surface area contributed by atoms with Crippen molar-refractivity contribution in [1.29, 1.82) is 0 Å². The van der Waals surface area contributed by atoms with Crippen LogP contribution < -0.4 is 10.6 Å². The molecule has 0 aromatic carbocycles. The second kappa shape index (κ2) is 9.44. The third-order valence-corrected chi connectivity index (χ3v) is 4.41. The van der Waals surface area contributed by atoms with Gasteiger partial charge in [0.05, 0.1) is 12.2 Å². The molecule has 1 saturated carbocycles. The maximum atomic E-state index is 4.49. The Bertz CT molecular complexity index is 464. The Kier molecular flexibility index (Phi) is 7.20. The van der Waals surface area contributed by atoms with Gasteiger partial charge in [0.2, 0.25) is 0 Å². The van der Waals surface area contributed by atoms with E-state index in [1.54, 1.807) is 0 Å². The molecule has 2 rings (SSSR count). The van der Waals surface area contributed by atoms with Crippen molar-refractivity contribution in [2.75, 3.05) is 13.6 Å². The number of pyridine rings is 1. The van der Waals surface area contributed by atoms with E-state index in [0.717, 1.165) is 29.8 Å². The number of guanidine groups is 1. The van der Waals surface area contributed by atoms with E-state index in [9.17, 15) is 0 Å². The Morgan fingerprint density at radius 2 is 2.05 bits per heavy atom. The molecule has 0 aliphatic heterocycles. The van der Waals surface area contributed by atoms with Gasteiger partial charge in [-0.3, -0.25) is 9.98 Å². The van der Waals surface area contributed by atoms with Gasteiger partial charge in [0.15, 0.2) is 5.96 Å². The average molecular weight is 302 g/mol. The molecule has 0 bridgehead atoms. The van der Waals surface area contributed by atoms with Crippen LogP contribution in [0.15, 0.2) is 23.2 Å². The van der Waals surface area contributed by atoms with E-state index >= 15 is 0 Å². The van der Waals surface area contributed by atoms with E-state index in [0.29, 0.717) is 6.54 Å². The standard InChI is InChI=1S/C18H30N4/c1-15-8-6-12-17(22-15)14-21-18(19-2)20-13-7-11-16-9-4-3-5-10-16/h6,8,12,16H,3-5,7,9-11,13-14H2,1-2H3,(H2,19,20,21). The molecule has 1 heterocycles. The van der Waals surface area contributed by atoms with Crippen molar-refractivity contribution in [3.8, 4) is 0 Å². The van der Waals surface area contributed by atoms with Gasteiger partial charge in [0.1, 0.15) is 0 Å². The van der Waals surface area contributed by atoms with Gasteiger partial charge in [0.25, 0.3) is 0 Å². The summed E-state index contributed by atoms with van der Waals surface area (Å²) in [6.07, 6.45) is 9.77. The number of aliphatic imine (C=N–C) groups is 1. The lowest BCUT2D eigenvalue weighted by Gasteiger charge is -2.21. The monoisotopic (exact) mass is 302 g/mol. The fraction of sp³-hybridized carbons (Fsp3) is 0.667. The Morgan fingerprint density at radius 1 is 1.23 bits per heavy atom. The summed E-state index contributed by atoms with van der Waals surface area (Å²) < 4.78 is 0. The molecule has 0 amide bonds. The molecular weight excluding hydrogens is 272 g/mol. The zero-order chi connectivity index (χ0) is 15.6. The number of nitrogens with zero attached hydrogens (tertiary/aromatic N) is 2. The Hall–Kier alpha value is -1.58. The Morgan fingerprint density at radius 3 is 2.77 bits per heavy atom. The van der Waals surface area contributed by atoms with Crippen LogP contribution >= 0.6 is 0 Å². The largest absolute Gasteiger partial charge is 0.356 e. The van der Waals surface area contributed by atoms with Gasteiger partial charge >= 0.3 is 0 Å². The minimum absolute atomic E-state index is 0.712. The zero-order valence-electron chi connectivity index (χ0n) is 14.1. The molecule has 1 aromatic heterocycles. The first kappa shape index (κ1) is 16.8. The maximum Gasteiger partial charge on any atom is 0.191 e. The van der Waals surface area contributed by atoms with Gasteiger partial charge in [-0.25, -0.2) is 0 Å². The van der Waals surface area contributed by atoms with Crippen LogP contribution in [0.5, 0.6) is 0 Å². The van der Waals surface area contributed by atoms with E-state index in [1.165, 1.54) is 44.9 Å². The fourth-order valence-electron chi connectivity index (χ4n) is 3.17. The van der Waals surface area contributed by atoms with Crippen LogP contribution in [0, 0.1) is 12.8 Å². The van der Waals surface area contributed by atoms with Crippen LogP contribution in [0.2, 0.25) is 0 Å². The number of hydrogen-bond acceptors (Lipinski definition) is 2. The fourth-order valence-corrected chi connectivity index (χ4v) is 3.17. The maximum absolute atomic E-state index is 4.49. The molecule has 2 N–H and O–H groups in total. The summed E-state index contributed by atoms with van der Waals surface area (Å²) in [6, 6.07) is 6.10. The third kappa shape index (κ3) is 6.04. The smallest absolute Gasteiger partial charge is 0.191 e. The van der Waals surface area contributed by atoms with Crippen LogP contribution in [0.3, 0.4) is 0 Å². The minimum atomic E-state index is 0.712. The topological polar surface area (TPSA) is 49.3 Å². The van der Waals surface area contributed by atoms with Crippen molar-refractivity contribution in [3.63, 3.8) is 0 Å². The van der Waals surface area contributed by atoms with Crippen molar-refractivity contribution < 1.29 is 0 Å². The lowest BCUT2D eigenvalue weighted by molar-refractivity contribution is 0.332. The molecule has 4 heteroatoms. The van der Waals surface area contributed by atoms with Crippen molar-refractivity contribution >= 4 is 5.96 Å². The van der Waals surface area contributed by atoms with Crippen molar-refractivity contribution in [2.45, 2.75) is 58.4 Å². The summed E-state index contributed by atoms with van der Waals surface area (Å²) in [6.45, 7) is 3.73. The SMILES string of the molecule is CN=C(NCCCC1CCCCC1)NCc1cccc(C)n1. The van der Waals surface area contributed by atoms with E-state index in [-0.39, 0.29) is 0 Å². The van der Waals surface area contributed by atoms with Gasteiger partial charge in [-0.2, -0.15) is 0 Å². The van der Waals surface area contributed by atoms with Crippen molar-refractivity contribution in [3.05, 3.63) is 29.6 Å². The molecular formula is C18H30N4. The summed E-state index contributed by atoms with van der Waals surface area (Å²) in [5, 5.41) is 6.73. The highest BCUT2D eigenvalue weighted by atomic mass is 15.2. The molecule has 1 aliphatic carbocycles. The van der Waals surface area contributed by atoms with Crippen LogP contribution in [0.25, 0.3) is 0 Å². The molecule has 1 aliphatic rings. The second-order valence-electron chi connectivity index (χ2n) is 6.27. The number of aryl methyl sites for hydroxylation is 1. The first-order chi connectivity index (χ1) is 10.8. The molecule has 22 heavy (non-hydrogen) atoms. The first-order valence-electron chi connectivity index (χ1n) is 8.65. The molecule has 1 aromatic rings. The number of hydrogen-bond donors (Lipinski definition) is 2. The number of rotatable bonds is 6. The van der Waals surface area contributed by atoms with E-state index < -0.39 is 0 Å². The number of aromatic nitrogens is 1. The van der Waals surface area contributed by atoms with Gasteiger partial charge in [0, 0.05) is 19.3 Å². The summed E-state index contributed by atoms with van der Waals surface area (Å²) in [7, 11) is 1.82. The summed E-state index contributed by atoms with van der Waals surface area (Å²) in [5.41, 5.74) is 2.10. The predicted molar refractivity (Wildman–Crippen MR) is 93.0 cm³/mol. The molecule has 0 atom stereocenters. The van der Waals surface area contributed by atoms with Crippen LogP contribution in [0.1, 0.15) is 56.3 Å². The van der Waals surface area contributed by atoms with Gasteiger partial charge < -0.3 is 10.6 Å². The highest BCUT2D eigenvalue weighted by Crippen LogP contribution is 2.26. The average Bonchev–Trinajstić information content (AvgIpc) is 2.55. The second-order valence-corrected chi connectivity index (χ2v) is 6.27. The van der Waals surface area contributed by atoms with Crippen LogP contribution in [0.4, 0.5) is 0 Å². The molecule has 0 unspecified atom stereocenters. The summed E-state index contributed by atoms with van der Waals surface area (Å²) in [5.74, 6) is 1.83. The number of nitrogens with one attached hydrogen (secondary N) is 2. The predicted octanol–water partition coefficient (Wildman–Crippen LogP) is 3.42. The molecule has 4 nitrogen and oxygen atoms in total. The molecule has 122 valence electrons. The zero-order valence-corrected chi connectivity index (χ0v) is 14.1. The Balaban J connectivity index is 1.62. The van der Waals surface area contributed by atoms with Crippen LogP contribution in [-0.2, 0) is 6.54 Å². The van der Waals surface area contributed by atoms with E-state index in [2.05, 4.69) is 20.6 Å². The minimum Gasteiger partial charge on any atom is -0.356 e. The summed E-state index contributed by atoms with van der Waals surface area (Å²) in [4.78, 5) is 8.77. The van der Waals surface area contributed by atoms with Gasteiger partial charge in [-0.15, -0.1) is 0 Å². The van der Waals surface area contributed by atoms with Crippen LogP contribution in [-0.4, -0.2) is 24.5 Å². The first-order valence-corrected chi connectivity index (χ1v) is 8.65. The van der Waals surface area contributed by atoms with Gasteiger partial charge in [-0.05, 0) is 37.8 Å². The normalized spacial score (nSPS) is 16.5. The molecule has 1 fully saturated rings.